The van der Waals surface area contributed by atoms with Gasteiger partial charge in [0.1, 0.15) is 17.3 Å². The first-order chi connectivity index (χ1) is 17.8. The molecule has 0 aliphatic carbocycles. The molecule has 4 aromatic rings. The van der Waals surface area contributed by atoms with E-state index >= 15 is 0 Å². The molecule has 0 saturated carbocycles. The van der Waals surface area contributed by atoms with Crippen molar-refractivity contribution < 1.29 is 24.2 Å². The highest BCUT2D eigenvalue weighted by molar-refractivity contribution is 6.52. The number of carbonyl (C=O) groups is 2. The molecule has 1 atom stereocenters. The Labute approximate surface area is 215 Å². The second-order valence-corrected chi connectivity index (χ2v) is 9.10. The van der Waals surface area contributed by atoms with Gasteiger partial charge in [-0.1, -0.05) is 54.6 Å². The minimum Gasteiger partial charge on any atom is -0.507 e. The summed E-state index contributed by atoms with van der Waals surface area (Å²) in [5.74, 6) is -0.764. The van der Waals surface area contributed by atoms with E-state index in [9.17, 15) is 14.7 Å². The standard InChI is InChI=1S/C31H27NO5/c1-18-15-19(2)30(37-4)25(16-18)28(33)26-27(24-14-7-10-20-9-5-6-13-23(20)24)32(31(35)29(26)34)21-11-8-12-22(17-21)36-3/h5-17,27,33H,1-4H3/b28-26+. The molecule has 0 aromatic heterocycles. The smallest absolute Gasteiger partial charge is 0.300 e. The van der Waals surface area contributed by atoms with Crippen molar-refractivity contribution in [3.63, 3.8) is 0 Å². The fourth-order valence-electron chi connectivity index (χ4n) is 5.19. The normalized spacial score (nSPS) is 16.9. The van der Waals surface area contributed by atoms with Crippen LogP contribution in [0, 0.1) is 13.8 Å². The predicted octanol–water partition coefficient (Wildman–Crippen LogP) is 6.10. The molecule has 0 radical (unpaired) electrons. The fraction of sp³-hybridized carbons (Fsp3) is 0.161. The number of Topliss-reactive ketones (excluding diaryl/α,β-unsaturated/α-hetero) is 1. The first-order valence-corrected chi connectivity index (χ1v) is 11.9. The molecule has 1 fully saturated rings. The third-order valence-electron chi connectivity index (χ3n) is 6.77. The lowest BCUT2D eigenvalue weighted by atomic mass is 9.90. The number of benzene rings is 4. The highest BCUT2D eigenvalue weighted by Gasteiger charge is 2.47. The Bertz CT molecular complexity index is 1580. The van der Waals surface area contributed by atoms with E-state index in [1.165, 1.54) is 12.0 Å². The lowest BCUT2D eigenvalue weighted by Gasteiger charge is -2.27. The molecule has 5 rings (SSSR count). The number of methoxy groups -OCH3 is 2. The molecule has 6 heteroatoms. The van der Waals surface area contributed by atoms with Crippen molar-refractivity contribution in [2.45, 2.75) is 19.9 Å². The van der Waals surface area contributed by atoms with Crippen LogP contribution in [0.25, 0.3) is 16.5 Å². The van der Waals surface area contributed by atoms with Crippen LogP contribution in [0.5, 0.6) is 11.5 Å². The van der Waals surface area contributed by atoms with Crippen LogP contribution in [0.3, 0.4) is 0 Å². The SMILES string of the molecule is COc1cccc(N2C(=O)C(=O)/C(=C(/O)c3cc(C)cc(C)c3OC)C2c2cccc3ccccc23)c1. The number of aliphatic hydroxyl groups excluding tert-OH is 1. The Kier molecular flexibility index (Phi) is 6.17. The third-order valence-corrected chi connectivity index (χ3v) is 6.77. The van der Waals surface area contributed by atoms with Gasteiger partial charge in [0.2, 0.25) is 0 Å². The van der Waals surface area contributed by atoms with Crippen LogP contribution in [0.1, 0.15) is 28.3 Å². The molecule has 1 aliphatic rings. The van der Waals surface area contributed by atoms with E-state index in [1.807, 2.05) is 62.4 Å². The maximum atomic E-state index is 13.7. The summed E-state index contributed by atoms with van der Waals surface area (Å²) in [6, 6.07) is 23.4. The highest BCUT2D eigenvalue weighted by Crippen LogP contribution is 2.46. The average Bonchev–Trinajstić information content (AvgIpc) is 3.17. The Morgan fingerprint density at radius 2 is 1.59 bits per heavy atom. The molecule has 4 aromatic carbocycles. The molecule has 1 saturated heterocycles. The summed E-state index contributed by atoms with van der Waals surface area (Å²) in [6.45, 7) is 3.78. The largest absolute Gasteiger partial charge is 0.507 e. The van der Waals surface area contributed by atoms with Crippen molar-refractivity contribution in [1.29, 1.82) is 0 Å². The van der Waals surface area contributed by atoms with Gasteiger partial charge in [0.15, 0.2) is 0 Å². The summed E-state index contributed by atoms with van der Waals surface area (Å²) in [7, 11) is 3.06. The summed E-state index contributed by atoms with van der Waals surface area (Å²) >= 11 is 0. The molecule has 1 amide bonds. The first-order valence-electron chi connectivity index (χ1n) is 11.9. The van der Waals surface area contributed by atoms with Crippen molar-refractivity contribution in [3.05, 3.63) is 107 Å². The van der Waals surface area contributed by atoms with Gasteiger partial charge >= 0.3 is 0 Å². The molecule has 6 nitrogen and oxygen atoms in total. The minimum absolute atomic E-state index is 0.00692. The Balaban J connectivity index is 1.85. The van der Waals surface area contributed by atoms with Gasteiger partial charge in [0.05, 0.1) is 31.4 Å². The van der Waals surface area contributed by atoms with Gasteiger partial charge in [-0.2, -0.15) is 0 Å². The van der Waals surface area contributed by atoms with Crippen molar-refractivity contribution in [3.8, 4) is 11.5 Å². The first kappa shape index (κ1) is 24.1. The summed E-state index contributed by atoms with van der Waals surface area (Å²) in [6.07, 6.45) is 0. The number of carbonyl (C=O) groups excluding carboxylic acids is 2. The van der Waals surface area contributed by atoms with E-state index in [0.717, 1.165) is 27.5 Å². The topological polar surface area (TPSA) is 76.1 Å². The van der Waals surface area contributed by atoms with E-state index in [-0.39, 0.29) is 11.3 Å². The van der Waals surface area contributed by atoms with Gasteiger partial charge in [-0.05, 0) is 59.5 Å². The lowest BCUT2D eigenvalue weighted by molar-refractivity contribution is -0.132. The number of anilines is 1. The minimum atomic E-state index is -0.872. The van der Waals surface area contributed by atoms with Crippen molar-refractivity contribution in [2.24, 2.45) is 0 Å². The maximum Gasteiger partial charge on any atom is 0.300 e. The Hall–Kier alpha value is -4.58. The summed E-state index contributed by atoms with van der Waals surface area (Å²) < 4.78 is 11.0. The van der Waals surface area contributed by atoms with Gasteiger partial charge in [0.25, 0.3) is 11.7 Å². The van der Waals surface area contributed by atoms with Crippen LogP contribution in [0.2, 0.25) is 0 Å². The second kappa shape index (κ2) is 9.47. The van der Waals surface area contributed by atoms with E-state index in [0.29, 0.717) is 22.7 Å². The number of ketones is 1. The van der Waals surface area contributed by atoms with Crippen molar-refractivity contribution >= 4 is 33.9 Å². The summed E-state index contributed by atoms with van der Waals surface area (Å²) in [5.41, 5.74) is 3.30. The number of aliphatic hydroxyl groups is 1. The van der Waals surface area contributed by atoms with Crippen molar-refractivity contribution in [1.82, 2.24) is 0 Å². The van der Waals surface area contributed by atoms with Crippen LogP contribution in [-0.2, 0) is 9.59 Å². The Morgan fingerprint density at radius 3 is 2.35 bits per heavy atom. The van der Waals surface area contributed by atoms with Crippen molar-refractivity contribution in [2.75, 3.05) is 19.1 Å². The number of fused-ring (bicyclic) bond motifs is 1. The average molecular weight is 494 g/mol. The fourth-order valence-corrected chi connectivity index (χ4v) is 5.19. The van der Waals surface area contributed by atoms with Gasteiger partial charge < -0.3 is 14.6 Å². The molecule has 186 valence electrons. The molecule has 0 bridgehead atoms. The molecule has 1 aliphatic heterocycles. The van der Waals surface area contributed by atoms with E-state index < -0.39 is 17.7 Å². The van der Waals surface area contributed by atoms with Gasteiger partial charge in [-0.15, -0.1) is 0 Å². The number of hydrogen-bond donors (Lipinski definition) is 1. The maximum absolute atomic E-state index is 13.7. The monoisotopic (exact) mass is 493 g/mol. The number of rotatable bonds is 5. The summed E-state index contributed by atoms with van der Waals surface area (Å²) in [4.78, 5) is 28.7. The zero-order valence-corrected chi connectivity index (χ0v) is 21.1. The number of aryl methyl sites for hydroxylation is 2. The predicted molar refractivity (Wildman–Crippen MR) is 144 cm³/mol. The van der Waals surface area contributed by atoms with Gasteiger partial charge in [-0.25, -0.2) is 0 Å². The quantitative estimate of drug-likeness (QED) is 0.207. The highest BCUT2D eigenvalue weighted by atomic mass is 16.5. The number of hydrogen-bond acceptors (Lipinski definition) is 5. The zero-order valence-electron chi connectivity index (χ0n) is 21.1. The molecule has 1 N–H and O–H groups in total. The third kappa shape index (κ3) is 4.00. The second-order valence-electron chi connectivity index (χ2n) is 9.10. The molecule has 1 unspecified atom stereocenters. The Morgan fingerprint density at radius 1 is 0.865 bits per heavy atom. The van der Waals surface area contributed by atoms with Crippen LogP contribution < -0.4 is 14.4 Å². The molecule has 0 spiro atoms. The molecular weight excluding hydrogens is 466 g/mol. The van der Waals surface area contributed by atoms with Crippen LogP contribution >= 0.6 is 0 Å². The molecular formula is C31H27NO5. The van der Waals surface area contributed by atoms with Gasteiger partial charge in [0, 0.05) is 11.8 Å². The van der Waals surface area contributed by atoms with E-state index in [4.69, 9.17) is 9.47 Å². The number of amides is 1. The number of nitrogens with zero attached hydrogens (tertiary/aromatic N) is 1. The van der Waals surface area contributed by atoms with E-state index in [1.54, 1.807) is 37.4 Å². The van der Waals surface area contributed by atoms with Crippen LogP contribution in [-0.4, -0.2) is 31.0 Å². The molecule has 1 heterocycles. The van der Waals surface area contributed by atoms with Gasteiger partial charge in [-0.3, -0.25) is 14.5 Å². The zero-order chi connectivity index (χ0) is 26.3. The lowest BCUT2D eigenvalue weighted by Crippen LogP contribution is -2.29. The number of ether oxygens (including phenoxy) is 2. The van der Waals surface area contributed by atoms with Crippen LogP contribution in [0.15, 0.2) is 84.4 Å². The summed E-state index contributed by atoms with van der Waals surface area (Å²) in [5, 5.41) is 13.6. The van der Waals surface area contributed by atoms with Crippen LogP contribution in [0.4, 0.5) is 5.69 Å². The molecule has 37 heavy (non-hydrogen) atoms. The van der Waals surface area contributed by atoms with E-state index in [2.05, 4.69) is 0 Å².